The van der Waals surface area contributed by atoms with Crippen molar-refractivity contribution in [3.8, 4) is 0 Å². The molecule has 5 heterocycles. The van der Waals surface area contributed by atoms with Crippen molar-refractivity contribution in [2.75, 3.05) is 56.2 Å². The molecule has 1 saturated carbocycles. The normalized spacial score (nSPS) is 25.5. The Kier molecular flexibility index (Phi) is 12.9. The number of aliphatic hydroxyl groups is 7. The van der Waals surface area contributed by atoms with E-state index < -0.39 is 68.0 Å². The van der Waals surface area contributed by atoms with Crippen molar-refractivity contribution in [1.29, 1.82) is 0 Å². The monoisotopic (exact) mass is 771 g/mol. The van der Waals surface area contributed by atoms with Crippen molar-refractivity contribution in [2.45, 2.75) is 94.6 Å². The number of hydrogen-bond donors (Lipinski definition) is 8. The Morgan fingerprint density at radius 1 is 1.00 bits per heavy atom. The fourth-order valence-electron chi connectivity index (χ4n) is 7.55. The smallest absolute Gasteiger partial charge is 0.263 e. The third kappa shape index (κ3) is 8.55. The van der Waals surface area contributed by atoms with Crippen LogP contribution in [0, 0.1) is 6.92 Å². The van der Waals surface area contributed by atoms with Gasteiger partial charge in [0.05, 0.1) is 37.2 Å². The molecule has 3 aromatic heterocycles. The molecule has 0 bridgehead atoms. The number of ether oxygens (including phenoxy) is 2. The Morgan fingerprint density at radius 2 is 1.71 bits per heavy atom. The molecule has 3 aromatic rings. The number of anilines is 3. The molecule has 19 heteroatoms. The van der Waals surface area contributed by atoms with Gasteiger partial charge in [-0.05, 0) is 44.4 Å². The molecular weight excluding hydrogens is 722 g/mol. The number of fused-ring (bicyclic) bond motifs is 1. The number of nitrogens with one attached hydrogen (secondary N) is 1. The van der Waals surface area contributed by atoms with Crippen LogP contribution in [0.2, 0.25) is 0 Å². The quantitative estimate of drug-likeness (QED) is 0.0836. The summed E-state index contributed by atoms with van der Waals surface area (Å²) in [4.78, 5) is 56.7. The van der Waals surface area contributed by atoms with Gasteiger partial charge in [0.2, 0.25) is 5.95 Å². The highest BCUT2D eigenvalue weighted by molar-refractivity contribution is 5.99. The highest BCUT2D eigenvalue weighted by Gasteiger charge is 2.47. The number of rotatable bonds is 14. The number of aromatic nitrogens is 4. The number of carbonyl (C=O) groups excluding carboxylic acids is 2. The Balaban J connectivity index is 1.06. The molecule has 2 saturated heterocycles. The van der Waals surface area contributed by atoms with Gasteiger partial charge in [0, 0.05) is 43.8 Å². The molecule has 8 atom stereocenters. The van der Waals surface area contributed by atoms with Gasteiger partial charge in [-0.2, -0.15) is 4.98 Å². The van der Waals surface area contributed by atoms with E-state index in [0.717, 1.165) is 31.4 Å². The minimum atomic E-state index is -1.96. The third-order valence-electron chi connectivity index (χ3n) is 10.7. The van der Waals surface area contributed by atoms with E-state index in [-0.39, 0.29) is 35.4 Å². The lowest BCUT2D eigenvalue weighted by Crippen LogP contribution is -2.61. The van der Waals surface area contributed by atoms with Gasteiger partial charge in [0.1, 0.15) is 54.2 Å². The largest absolute Gasteiger partial charge is 0.394 e. The highest BCUT2D eigenvalue weighted by atomic mass is 16.7. The molecule has 0 aromatic carbocycles. The van der Waals surface area contributed by atoms with E-state index in [9.17, 15) is 50.1 Å². The van der Waals surface area contributed by atoms with Gasteiger partial charge >= 0.3 is 0 Å². The third-order valence-corrected chi connectivity index (χ3v) is 10.7. The molecule has 3 aliphatic rings. The second kappa shape index (κ2) is 17.4. The average molecular weight is 772 g/mol. The number of carbonyl (C=O) groups is 2. The molecule has 55 heavy (non-hydrogen) atoms. The van der Waals surface area contributed by atoms with Crippen molar-refractivity contribution in [3.05, 3.63) is 46.0 Å². The number of pyridine rings is 2. The first-order valence-corrected chi connectivity index (χ1v) is 18.4. The molecule has 0 radical (unpaired) electrons. The first-order chi connectivity index (χ1) is 26.3. The van der Waals surface area contributed by atoms with Crippen molar-refractivity contribution >= 4 is 40.1 Å². The van der Waals surface area contributed by atoms with Crippen LogP contribution in [0.15, 0.2) is 29.3 Å². The van der Waals surface area contributed by atoms with Crippen molar-refractivity contribution < 1.29 is 54.8 Å². The lowest BCUT2D eigenvalue weighted by atomic mass is 9.98. The van der Waals surface area contributed by atoms with Gasteiger partial charge < -0.3 is 55.4 Å². The van der Waals surface area contributed by atoms with Gasteiger partial charge in [-0.3, -0.25) is 23.9 Å². The number of nitrogens with zero attached hydrogens (tertiary/aromatic N) is 6. The molecule has 8 N–H and O–H groups in total. The van der Waals surface area contributed by atoms with Crippen LogP contribution >= 0.6 is 0 Å². The van der Waals surface area contributed by atoms with Crippen molar-refractivity contribution in [1.82, 2.24) is 24.4 Å². The Hall–Kier alpha value is -4.02. The molecule has 2 aliphatic heterocycles. The van der Waals surface area contributed by atoms with E-state index in [1.54, 1.807) is 34.9 Å². The zero-order valence-corrected chi connectivity index (χ0v) is 30.6. The van der Waals surface area contributed by atoms with Crippen LogP contribution < -0.4 is 15.8 Å². The molecule has 3 fully saturated rings. The summed E-state index contributed by atoms with van der Waals surface area (Å²) in [5.74, 6) is -0.304. The zero-order valence-electron chi connectivity index (χ0n) is 30.6. The lowest BCUT2D eigenvalue weighted by molar-refractivity contribution is -0.323. The second-order valence-corrected chi connectivity index (χ2v) is 14.3. The van der Waals surface area contributed by atoms with Crippen LogP contribution in [-0.2, 0) is 14.3 Å². The summed E-state index contributed by atoms with van der Waals surface area (Å²) in [5, 5.41) is 74.4. The fraction of sp³-hybridized carbons (Fsp3) is 0.611. The van der Waals surface area contributed by atoms with Gasteiger partial charge in [0.15, 0.2) is 17.9 Å². The van der Waals surface area contributed by atoms with Crippen molar-refractivity contribution in [3.63, 3.8) is 0 Å². The van der Waals surface area contributed by atoms with Gasteiger partial charge in [-0.1, -0.05) is 12.8 Å². The Morgan fingerprint density at radius 3 is 2.33 bits per heavy atom. The van der Waals surface area contributed by atoms with E-state index >= 15 is 0 Å². The maximum absolute atomic E-state index is 13.5. The predicted molar refractivity (Wildman–Crippen MR) is 195 cm³/mol. The standard InChI is InChI=1S/C36H49N7O12/c1-18-22-14-38-36(40-33(22)43(20-5-3-4-6-20)34(53)27(18)19(2)46)39-26-8-7-21(13-37-26)42-11-9-41(10-12-42)15-23(47)28(49)32(24(48)16-44)55-35-31(52)30(51)29(50)25(17-45)54-35/h7-8,13-14,20,24-25,28-32,35,44-45,48-52H,3-6,9-12,15-17H2,1-2H3,(H,37,38,39,40). The SMILES string of the molecule is CC(=O)c1c(C)c2cnc(Nc3ccc(N4CCN(CC(=O)C(O)C(OC5OC(CO)C(O)C(O)C5O)C(O)CO)CC4)cn3)nc2n(C2CCCC2)c1=O. The number of ketones is 2. The maximum atomic E-state index is 13.5. The van der Waals surface area contributed by atoms with Crippen LogP contribution in [0.3, 0.4) is 0 Å². The molecule has 300 valence electrons. The lowest BCUT2D eigenvalue weighted by Gasteiger charge is -2.42. The molecular formula is C36H49N7O12. The minimum Gasteiger partial charge on any atom is -0.394 e. The number of aryl methyl sites for hydroxylation is 1. The summed E-state index contributed by atoms with van der Waals surface area (Å²) in [6.45, 7) is 3.14. The summed E-state index contributed by atoms with van der Waals surface area (Å²) in [7, 11) is 0. The zero-order chi connectivity index (χ0) is 39.6. The van der Waals surface area contributed by atoms with Crippen LogP contribution in [0.5, 0.6) is 0 Å². The Labute approximate surface area is 315 Å². The van der Waals surface area contributed by atoms with Gasteiger partial charge in [0.25, 0.3) is 5.56 Å². The van der Waals surface area contributed by atoms with Gasteiger partial charge in [-0.25, -0.2) is 9.97 Å². The van der Waals surface area contributed by atoms with Gasteiger partial charge in [-0.15, -0.1) is 0 Å². The van der Waals surface area contributed by atoms with Crippen LogP contribution in [0.1, 0.15) is 54.6 Å². The number of aliphatic hydroxyl groups excluding tert-OH is 7. The number of Topliss-reactive ketones (excluding diaryl/α,β-unsaturated/α-hetero) is 2. The van der Waals surface area contributed by atoms with Crippen LogP contribution in [0.4, 0.5) is 17.5 Å². The summed E-state index contributed by atoms with van der Waals surface area (Å²) >= 11 is 0. The summed E-state index contributed by atoms with van der Waals surface area (Å²) in [5.41, 5.74) is 1.68. The van der Waals surface area contributed by atoms with E-state index in [4.69, 9.17) is 14.5 Å². The first-order valence-electron chi connectivity index (χ1n) is 18.4. The topological polar surface area (TPSA) is 273 Å². The van der Waals surface area contributed by atoms with E-state index in [1.807, 2.05) is 6.07 Å². The van der Waals surface area contributed by atoms with E-state index in [0.29, 0.717) is 48.6 Å². The van der Waals surface area contributed by atoms with E-state index in [2.05, 4.69) is 20.2 Å². The van der Waals surface area contributed by atoms with Crippen molar-refractivity contribution in [2.24, 2.45) is 0 Å². The van der Waals surface area contributed by atoms with Crippen LogP contribution in [-0.4, -0.2) is 167 Å². The maximum Gasteiger partial charge on any atom is 0.263 e. The summed E-state index contributed by atoms with van der Waals surface area (Å²) < 4.78 is 12.4. The molecule has 1 aliphatic carbocycles. The van der Waals surface area contributed by atoms with Crippen LogP contribution in [0.25, 0.3) is 11.0 Å². The molecule has 0 amide bonds. The fourth-order valence-corrected chi connectivity index (χ4v) is 7.55. The summed E-state index contributed by atoms with van der Waals surface area (Å²) in [6, 6.07) is 3.59. The molecule has 19 nitrogen and oxygen atoms in total. The molecule has 0 spiro atoms. The summed E-state index contributed by atoms with van der Waals surface area (Å²) in [6.07, 6.45) is -6.90. The van der Waals surface area contributed by atoms with E-state index in [1.165, 1.54) is 6.92 Å². The predicted octanol–water partition coefficient (Wildman–Crippen LogP) is -1.85. The second-order valence-electron chi connectivity index (χ2n) is 14.3. The minimum absolute atomic E-state index is 0.0485. The highest BCUT2D eigenvalue weighted by Crippen LogP contribution is 2.32. The number of hydrogen-bond acceptors (Lipinski definition) is 18. The molecule has 8 unspecified atom stereocenters. The first kappa shape index (κ1) is 40.6. The Bertz CT molecular complexity index is 1880. The molecule has 6 rings (SSSR count). The average Bonchev–Trinajstić information content (AvgIpc) is 3.71. The number of piperazine rings is 1.